The van der Waals surface area contributed by atoms with Gasteiger partial charge in [0, 0.05) is 5.57 Å². The van der Waals surface area contributed by atoms with Crippen LogP contribution in [0.15, 0.2) is 24.3 Å². The number of carbonyl (C=O) groups excluding carboxylic acids is 2. The zero-order valence-electron chi connectivity index (χ0n) is 17.5. The normalized spacial score (nSPS) is 27.5. The summed E-state index contributed by atoms with van der Waals surface area (Å²) in [6, 6.07) is 0. The minimum atomic E-state index is -0.270. The van der Waals surface area contributed by atoms with E-state index in [9.17, 15) is 9.59 Å². The minimum absolute atomic E-state index is 0.156. The highest BCUT2D eigenvalue weighted by molar-refractivity contribution is 5.86. The summed E-state index contributed by atoms with van der Waals surface area (Å²) >= 11 is 0. The highest BCUT2D eigenvalue weighted by Gasteiger charge is 2.31. The van der Waals surface area contributed by atoms with E-state index in [0.717, 1.165) is 31.1 Å². The molecule has 154 valence electrons. The second-order valence-electron chi connectivity index (χ2n) is 8.46. The van der Waals surface area contributed by atoms with Crippen LogP contribution in [0.2, 0.25) is 0 Å². The molecule has 0 heterocycles. The predicted octanol–water partition coefficient (Wildman–Crippen LogP) is 5.62. The summed E-state index contributed by atoms with van der Waals surface area (Å²) in [5, 5.41) is 0. The molecule has 0 saturated heterocycles. The van der Waals surface area contributed by atoms with Crippen molar-refractivity contribution in [3.8, 4) is 0 Å². The Kier molecular flexibility index (Phi) is 11.1. The zero-order chi connectivity index (χ0) is 20.2. The van der Waals surface area contributed by atoms with E-state index in [1.165, 1.54) is 44.1 Å². The van der Waals surface area contributed by atoms with Crippen molar-refractivity contribution >= 4 is 12.4 Å². The summed E-state index contributed by atoms with van der Waals surface area (Å²) in [5.74, 6) is 2.07. The summed E-state index contributed by atoms with van der Waals surface area (Å²) < 4.78 is 10.3. The van der Waals surface area contributed by atoms with Crippen LogP contribution in [0.5, 0.6) is 0 Å². The van der Waals surface area contributed by atoms with Crippen molar-refractivity contribution in [3.63, 3.8) is 0 Å². The third-order valence-corrected chi connectivity index (χ3v) is 5.63. The SMILES string of the molecule is C=C(C)C.C=C(C)C(=O)OCCC1CCC(C2CCC(OC=O)CC2)CC1. The lowest BCUT2D eigenvalue weighted by molar-refractivity contribution is -0.139. The van der Waals surface area contributed by atoms with Crippen LogP contribution in [-0.4, -0.2) is 25.2 Å². The highest BCUT2D eigenvalue weighted by atomic mass is 16.5. The molecular weight excluding hydrogens is 340 g/mol. The second-order valence-corrected chi connectivity index (χ2v) is 8.46. The summed E-state index contributed by atoms with van der Waals surface area (Å²) in [4.78, 5) is 21.8. The van der Waals surface area contributed by atoms with Crippen LogP contribution in [0.1, 0.15) is 78.6 Å². The average molecular weight is 379 g/mol. The van der Waals surface area contributed by atoms with Gasteiger partial charge < -0.3 is 9.47 Å². The first kappa shape index (κ1) is 23.5. The highest BCUT2D eigenvalue weighted by Crippen LogP contribution is 2.41. The fraction of sp³-hybridized carbons (Fsp3) is 0.739. The van der Waals surface area contributed by atoms with E-state index in [2.05, 4.69) is 13.2 Å². The van der Waals surface area contributed by atoms with Gasteiger partial charge in [-0.15, -0.1) is 6.58 Å². The smallest absolute Gasteiger partial charge is 0.333 e. The van der Waals surface area contributed by atoms with Crippen LogP contribution >= 0.6 is 0 Å². The number of allylic oxidation sites excluding steroid dienone is 1. The topological polar surface area (TPSA) is 52.6 Å². The molecule has 2 fully saturated rings. The first-order chi connectivity index (χ1) is 12.8. The van der Waals surface area contributed by atoms with Crippen LogP contribution in [0.3, 0.4) is 0 Å². The number of carbonyl (C=O) groups is 2. The molecular formula is C23H38O4. The van der Waals surface area contributed by atoms with Crippen LogP contribution in [0.4, 0.5) is 0 Å². The van der Waals surface area contributed by atoms with Gasteiger partial charge in [-0.05, 0) is 83.5 Å². The standard InChI is InChI=1S/C19H30O4.C4H8/c1-14(2)19(21)22-12-11-15-3-5-16(6-4-15)17-7-9-18(10-8-17)23-13-20;1-4(2)3/h13,15-18H,1,3-12H2,2H3;1H2,2-3H3. The fourth-order valence-electron chi connectivity index (χ4n) is 4.16. The number of esters is 1. The largest absolute Gasteiger partial charge is 0.465 e. The van der Waals surface area contributed by atoms with Crippen molar-refractivity contribution in [2.45, 2.75) is 84.7 Å². The zero-order valence-corrected chi connectivity index (χ0v) is 17.5. The van der Waals surface area contributed by atoms with E-state index in [0.29, 0.717) is 24.6 Å². The summed E-state index contributed by atoms with van der Waals surface area (Å²) in [5.41, 5.74) is 1.64. The van der Waals surface area contributed by atoms with Gasteiger partial charge in [0.25, 0.3) is 6.47 Å². The first-order valence-corrected chi connectivity index (χ1v) is 10.4. The van der Waals surface area contributed by atoms with Crippen molar-refractivity contribution in [2.75, 3.05) is 6.61 Å². The predicted molar refractivity (Wildman–Crippen MR) is 109 cm³/mol. The number of rotatable bonds is 7. The van der Waals surface area contributed by atoms with Gasteiger partial charge in [0.1, 0.15) is 6.10 Å². The fourth-order valence-corrected chi connectivity index (χ4v) is 4.16. The second kappa shape index (κ2) is 12.7. The third kappa shape index (κ3) is 9.78. The molecule has 0 N–H and O–H groups in total. The van der Waals surface area contributed by atoms with Crippen molar-refractivity contribution in [1.82, 2.24) is 0 Å². The summed E-state index contributed by atoms with van der Waals surface area (Å²) in [6.45, 7) is 13.9. The molecule has 0 aromatic rings. The maximum absolute atomic E-state index is 11.4. The molecule has 4 heteroatoms. The van der Waals surface area contributed by atoms with Gasteiger partial charge in [0.15, 0.2) is 0 Å². The Morgan fingerprint density at radius 1 is 0.926 bits per heavy atom. The Labute approximate surface area is 165 Å². The lowest BCUT2D eigenvalue weighted by Gasteiger charge is -2.37. The molecule has 0 aromatic carbocycles. The van der Waals surface area contributed by atoms with Gasteiger partial charge in [-0.25, -0.2) is 4.79 Å². The summed E-state index contributed by atoms with van der Waals surface area (Å²) in [7, 11) is 0. The molecule has 0 atom stereocenters. The molecule has 2 saturated carbocycles. The molecule has 0 spiro atoms. The Morgan fingerprint density at radius 3 is 1.85 bits per heavy atom. The van der Waals surface area contributed by atoms with E-state index in [1.54, 1.807) is 6.92 Å². The molecule has 2 aliphatic rings. The first-order valence-electron chi connectivity index (χ1n) is 10.4. The maximum atomic E-state index is 11.4. The average Bonchev–Trinajstić information content (AvgIpc) is 2.62. The third-order valence-electron chi connectivity index (χ3n) is 5.63. The molecule has 4 nitrogen and oxygen atoms in total. The molecule has 2 aliphatic carbocycles. The van der Waals surface area contributed by atoms with Crippen LogP contribution in [0, 0.1) is 17.8 Å². The molecule has 0 aliphatic heterocycles. The molecule has 0 radical (unpaired) electrons. The van der Waals surface area contributed by atoms with E-state index in [1.807, 2.05) is 13.8 Å². The van der Waals surface area contributed by atoms with Crippen molar-refractivity contribution < 1.29 is 19.1 Å². The molecule has 0 amide bonds. The van der Waals surface area contributed by atoms with Crippen LogP contribution < -0.4 is 0 Å². The Hall–Kier alpha value is -1.58. The minimum Gasteiger partial charge on any atom is -0.465 e. The molecule has 0 bridgehead atoms. The quantitative estimate of drug-likeness (QED) is 0.250. The Balaban J connectivity index is 0.000000828. The summed E-state index contributed by atoms with van der Waals surface area (Å²) in [6.07, 6.45) is 10.7. The Bertz CT molecular complexity index is 477. The monoisotopic (exact) mass is 378 g/mol. The number of hydrogen-bond donors (Lipinski definition) is 0. The van der Waals surface area contributed by atoms with Gasteiger partial charge in [0.2, 0.25) is 0 Å². The van der Waals surface area contributed by atoms with Gasteiger partial charge in [0.05, 0.1) is 6.61 Å². The van der Waals surface area contributed by atoms with E-state index < -0.39 is 0 Å². The molecule has 2 rings (SSSR count). The van der Waals surface area contributed by atoms with Gasteiger partial charge in [-0.3, -0.25) is 4.79 Å². The van der Waals surface area contributed by atoms with Crippen molar-refractivity contribution in [3.05, 3.63) is 24.3 Å². The van der Waals surface area contributed by atoms with Crippen molar-refractivity contribution in [1.29, 1.82) is 0 Å². The lowest BCUT2D eigenvalue weighted by Crippen LogP contribution is -2.28. The number of hydrogen-bond acceptors (Lipinski definition) is 4. The van der Waals surface area contributed by atoms with Gasteiger partial charge in [-0.1, -0.05) is 25.0 Å². The van der Waals surface area contributed by atoms with Crippen LogP contribution in [0.25, 0.3) is 0 Å². The van der Waals surface area contributed by atoms with Gasteiger partial charge >= 0.3 is 5.97 Å². The van der Waals surface area contributed by atoms with E-state index >= 15 is 0 Å². The molecule has 0 aromatic heterocycles. The number of ether oxygens (including phenoxy) is 2. The maximum Gasteiger partial charge on any atom is 0.333 e. The van der Waals surface area contributed by atoms with Crippen LogP contribution in [-0.2, 0) is 19.1 Å². The molecule has 27 heavy (non-hydrogen) atoms. The lowest BCUT2D eigenvalue weighted by atomic mass is 9.70. The molecule has 0 unspecified atom stereocenters. The van der Waals surface area contributed by atoms with E-state index in [4.69, 9.17) is 9.47 Å². The van der Waals surface area contributed by atoms with Gasteiger partial charge in [-0.2, -0.15) is 0 Å². The Morgan fingerprint density at radius 2 is 1.41 bits per heavy atom. The van der Waals surface area contributed by atoms with Crippen molar-refractivity contribution in [2.24, 2.45) is 17.8 Å². The van der Waals surface area contributed by atoms with E-state index in [-0.39, 0.29) is 12.1 Å².